The van der Waals surface area contributed by atoms with Crippen LogP contribution in [0, 0.1) is 17.8 Å². The van der Waals surface area contributed by atoms with Gasteiger partial charge in [0.1, 0.15) is 19.3 Å². The molecule has 0 aliphatic carbocycles. The molecule has 0 aromatic rings. The minimum absolute atomic E-state index is 0.105. The van der Waals surface area contributed by atoms with Gasteiger partial charge in [0.2, 0.25) is 0 Å². The smallest absolute Gasteiger partial charge is 0.462 e. The predicted octanol–water partition coefficient (Wildman–Crippen LogP) is 23.0. The van der Waals surface area contributed by atoms with E-state index in [-0.39, 0.29) is 25.7 Å². The molecule has 2 unspecified atom stereocenters. The number of rotatable bonds is 76. The van der Waals surface area contributed by atoms with Crippen LogP contribution in [0.3, 0.4) is 0 Å². The van der Waals surface area contributed by atoms with Crippen LogP contribution in [0.4, 0.5) is 0 Å². The Morgan fingerprint density at radius 1 is 0.278 bits per heavy atom. The van der Waals surface area contributed by atoms with E-state index in [0.29, 0.717) is 31.6 Å². The number of esters is 4. The van der Waals surface area contributed by atoms with E-state index in [2.05, 4.69) is 48.5 Å². The van der Waals surface area contributed by atoms with Crippen LogP contribution in [0.5, 0.6) is 0 Å². The number of hydrogen-bond acceptors (Lipinski definition) is 15. The summed E-state index contributed by atoms with van der Waals surface area (Å²) < 4.78 is 68.6. The van der Waals surface area contributed by atoms with Gasteiger partial charge in [-0.05, 0) is 43.4 Å². The highest BCUT2D eigenvalue weighted by atomic mass is 31.2. The highest BCUT2D eigenvalue weighted by Crippen LogP contribution is 2.45. The predicted molar refractivity (Wildman–Crippen MR) is 395 cm³/mol. The molecule has 0 aliphatic heterocycles. The summed E-state index contributed by atoms with van der Waals surface area (Å²) in [5, 5.41) is 10.6. The number of carbonyl (C=O) groups excluding carboxylic acids is 4. The Hall–Kier alpha value is -1.94. The fourth-order valence-corrected chi connectivity index (χ4v) is 13.5. The monoisotopic (exact) mass is 1420 g/mol. The van der Waals surface area contributed by atoms with E-state index >= 15 is 0 Å². The molecule has 19 heteroatoms. The van der Waals surface area contributed by atoms with Gasteiger partial charge in [-0.3, -0.25) is 37.3 Å². The van der Waals surface area contributed by atoms with E-state index in [1.807, 2.05) is 0 Å². The van der Waals surface area contributed by atoms with Crippen LogP contribution in [0.15, 0.2) is 0 Å². The second-order valence-electron chi connectivity index (χ2n) is 29.5. The van der Waals surface area contributed by atoms with Gasteiger partial charge < -0.3 is 33.8 Å². The lowest BCUT2D eigenvalue weighted by molar-refractivity contribution is -0.161. The number of phosphoric ester groups is 2. The van der Waals surface area contributed by atoms with E-state index in [1.54, 1.807) is 0 Å². The highest BCUT2D eigenvalue weighted by Gasteiger charge is 2.30. The Labute approximate surface area is 594 Å². The summed E-state index contributed by atoms with van der Waals surface area (Å²) in [7, 11) is -9.92. The number of phosphoric acid groups is 2. The minimum Gasteiger partial charge on any atom is -0.462 e. The molecule has 0 saturated heterocycles. The highest BCUT2D eigenvalue weighted by molar-refractivity contribution is 7.47. The molecule has 97 heavy (non-hydrogen) atoms. The summed E-state index contributed by atoms with van der Waals surface area (Å²) in [6.07, 6.45) is 55.6. The number of hydrogen-bond donors (Lipinski definition) is 3. The third-order valence-electron chi connectivity index (χ3n) is 18.1. The molecule has 0 aliphatic rings. The maximum atomic E-state index is 13.1. The zero-order valence-corrected chi connectivity index (χ0v) is 65.3. The van der Waals surface area contributed by atoms with Crippen molar-refractivity contribution in [3.63, 3.8) is 0 Å². The van der Waals surface area contributed by atoms with Crippen LogP contribution >= 0.6 is 15.6 Å². The molecule has 0 aromatic heterocycles. The van der Waals surface area contributed by atoms with Crippen LogP contribution in [0.2, 0.25) is 0 Å². The summed E-state index contributed by atoms with van der Waals surface area (Å²) in [6.45, 7) is 11.9. The third kappa shape index (κ3) is 72.2. The van der Waals surface area contributed by atoms with Crippen molar-refractivity contribution in [2.45, 2.75) is 420 Å². The Morgan fingerprint density at radius 2 is 0.474 bits per heavy atom. The van der Waals surface area contributed by atoms with Crippen LogP contribution in [0.25, 0.3) is 0 Å². The molecule has 0 spiro atoms. The molecule has 3 N–H and O–H groups in total. The molecule has 17 nitrogen and oxygen atoms in total. The van der Waals surface area contributed by atoms with Crippen molar-refractivity contribution in [3.8, 4) is 0 Å². The Kier molecular flexibility index (Phi) is 67.1. The zero-order valence-electron chi connectivity index (χ0n) is 63.5. The normalized spacial score (nSPS) is 14.0. The Bertz CT molecular complexity index is 1890. The topological polar surface area (TPSA) is 237 Å². The van der Waals surface area contributed by atoms with Crippen LogP contribution < -0.4 is 0 Å². The first-order chi connectivity index (χ1) is 46.7. The van der Waals surface area contributed by atoms with Crippen molar-refractivity contribution < 1.29 is 80.2 Å². The molecule has 0 heterocycles. The first-order valence-corrected chi connectivity index (χ1v) is 43.3. The van der Waals surface area contributed by atoms with Crippen molar-refractivity contribution >= 4 is 39.5 Å². The second kappa shape index (κ2) is 68.5. The van der Waals surface area contributed by atoms with Gasteiger partial charge in [0.25, 0.3) is 0 Å². The molecule has 576 valence electrons. The lowest BCUT2D eigenvalue weighted by Crippen LogP contribution is -2.30. The second-order valence-corrected chi connectivity index (χ2v) is 32.4. The number of ether oxygens (including phenoxy) is 4. The zero-order chi connectivity index (χ0) is 71.6. The van der Waals surface area contributed by atoms with Crippen molar-refractivity contribution in [3.05, 3.63) is 0 Å². The average Bonchev–Trinajstić information content (AvgIpc) is 1.24. The standard InChI is InChI=1S/C78H152O17P2/c1-8-9-10-11-12-13-14-15-16-17-18-19-20-21-26-32-39-47-54-61-77(82)94-73(65-88-75(80)59-52-45-38-31-25-23-22-24-29-35-42-49-56-69(2)3)67-92-96(84,85)90-63-72(79)64-91-97(86,87)93-68-74(66-89-76(81)60-53-46-41-34-37-44-51-58-71(6)7)95-78(83)62-55-48-40-33-28-27-30-36-43-50-57-70(4)5/h69-74,79H,8-68H2,1-7H3,(H,84,85)(H,86,87)/t72-,73-,74-/m1/s1. The van der Waals surface area contributed by atoms with Gasteiger partial charge in [-0.1, -0.05) is 350 Å². The third-order valence-corrected chi connectivity index (χ3v) is 20.0. The van der Waals surface area contributed by atoms with Crippen LogP contribution in [-0.4, -0.2) is 96.7 Å². The molecular formula is C78H152O17P2. The first-order valence-electron chi connectivity index (χ1n) is 40.3. The lowest BCUT2D eigenvalue weighted by atomic mass is 10.0. The molecule has 0 fully saturated rings. The fraction of sp³-hybridized carbons (Fsp3) is 0.949. The van der Waals surface area contributed by atoms with Gasteiger partial charge in [-0.15, -0.1) is 0 Å². The van der Waals surface area contributed by atoms with Gasteiger partial charge in [-0.2, -0.15) is 0 Å². The number of aliphatic hydroxyl groups is 1. The van der Waals surface area contributed by atoms with E-state index in [4.69, 9.17) is 37.0 Å². The van der Waals surface area contributed by atoms with Gasteiger partial charge in [0.05, 0.1) is 26.4 Å². The maximum Gasteiger partial charge on any atom is 0.472 e. The average molecular weight is 1420 g/mol. The molecule has 0 aromatic carbocycles. The van der Waals surface area contributed by atoms with Gasteiger partial charge >= 0.3 is 39.5 Å². The van der Waals surface area contributed by atoms with Gasteiger partial charge in [0, 0.05) is 25.7 Å². The Balaban J connectivity index is 5.24. The summed E-state index contributed by atoms with van der Waals surface area (Å²) in [5.41, 5.74) is 0. The summed E-state index contributed by atoms with van der Waals surface area (Å²) >= 11 is 0. The van der Waals surface area contributed by atoms with Crippen LogP contribution in [0.1, 0.15) is 402 Å². The number of carbonyl (C=O) groups is 4. The molecule has 0 rings (SSSR count). The van der Waals surface area contributed by atoms with Gasteiger partial charge in [0.15, 0.2) is 12.2 Å². The molecular weight excluding hydrogens is 1270 g/mol. The number of unbranched alkanes of at least 4 members (excludes halogenated alkanes) is 44. The molecule has 0 radical (unpaired) electrons. The van der Waals surface area contributed by atoms with E-state index in [9.17, 15) is 43.2 Å². The van der Waals surface area contributed by atoms with Crippen molar-refractivity contribution in [1.82, 2.24) is 0 Å². The van der Waals surface area contributed by atoms with E-state index in [0.717, 1.165) is 108 Å². The summed E-state index contributed by atoms with van der Waals surface area (Å²) in [4.78, 5) is 72.9. The van der Waals surface area contributed by atoms with Crippen molar-refractivity contribution in [1.29, 1.82) is 0 Å². The van der Waals surface area contributed by atoms with Crippen molar-refractivity contribution in [2.75, 3.05) is 39.6 Å². The first kappa shape index (κ1) is 95.1. The van der Waals surface area contributed by atoms with Crippen molar-refractivity contribution in [2.24, 2.45) is 17.8 Å². The fourth-order valence-electron chi connectivity index (χ4n) is 12.0. The summed E-state index contributed by atoms with van der Waals surface area (Å²) in [6, 6.07) is 0. The lowest BCUT2D eigenvalue weighted by Gasteiger charge is -2.21. The largest absolute Gasteiger partial charge is 0.472 e. The van der Waals surface area contributed by atoms with E-state index < -0.39 is 97.5 Å². The van der Waals surface area contributed by atoms with E-state index in [1.165, 1.54) is 205 Å². The SMILES string of the molecule is CCCCCCCCCCCCCCCCCCCCCC(=O)O[C@H](COC(=O)CCCCCCCCCCCCCCC(C)C)COP(=O)(O)OC[C@@H](O)COP(=O)(O)OC[C@@H](COC(=O)CCCCCCCCCC(C)C)OC(=O)CCCCCCCCCCCCC(C)C. The molecule has 0 bridgehead atoms. The Morgan fingerprint density at radius 3 is 0.701 bits per heavy atom. The number of aliphatic hydroxyl groups excluding tert-OH is 1. The maximum absolute atomic E-state index is 13.1. The summed E-state index contributed by atoms with van der Waals surface area (Å²) in [5.74, 6) is 0.122. The van der Waals surface area contributed by atoms with Crippen LogP contribution in [-0.2, 0) is 65.4 Å². The molecule has 0 amide bonds. The quantitative estimate of drug-likeness (QED) is 0.0222. The molecule has 0 saturated carbocycles. The molecule has 5 atom stereocenters. The van der Waals surface area contributed by atoms with Gasteiger partial charge in [-0.25, -0.2) is 9.13 Å². The minimum atomic E-state index is -4.96.